The van der Waals surface area contributed by atoms with Gasteiger partial charge in [-0.3, -0.25) is 0 Å². The molecule has 4 unspecified atom stereocenters. The number of ether oxygens (including phenoxy) is 2. The first kappa shape index (κ1) is 26.5. The van der Waals surface area contributed by atoms with Crippen molar-refractivity contribution in [3.05, 3.63) is 120 Å². The van der Waals surface area contributed by atoms with Crippen LogP contribution in [0, 0.1) is 5.92 Å². The Labute approximate surface area is 236 Å². The highest BCUT2D eigenvalue weighted by Gasteiger charge is 2.36. The number of hydrogen-bond acceptors (Lipinski definition) is 5. The lowest BCUT2D eigenvalue weighted by molar-refractivity contribution is -0.166. The van der Waals surface area contributed by atoms with Crippen LogP contribution < -0.4 is 5.48 Å². The van der Waals surface area contributed by atoms with Gasteiger partial charge in [0.1, 0.15) is 0 Å². The van der Waals surface area contributed by atoms with Gasteiger partial charge in [-0.1, -0.05) is 109 Å². The van der Waals surface area contributed by atoms with Gasteiger partial charge < -0.3 is 14.3 Å². The van der Waals surface area contributed by atoms with Gasteiger partial charge in [-0.25, -0.2) is 4.79 Å². The molecule has 0 aliphatic carbocycles. The van der Waals surface area contributed by atoms with E-state index in [0.29, 0.717) is 26.4 Å². The topological polar surface area (TPSA) is 56.8 Å². The Morgan fingerprint density at radius 2 is 1.07 bits per heavy atom. The molecular weight excluding hydrogens is 498 g/mol. The van der Waals surface area contributed by atoms with Gasteiger partial charge in [0.05, 0.1) is 25.2 Å². The molecule has 2 heterocycles. The molecule has 40 heavy (non-hydrogen) atoms. The SMILES string of the molecule is O=C(ONC1COCCC1c1ccc(-c2ccccc2)cc1)C1COCCC1c1ccc(-c2ccccc2)cc1. The summed E-state index contributed by atoms with van der Waals surface area (Å²) in [5.74, 6) is -0.398. The van der Waals surface area contributed by atoms with Crippen LogP contribution in [0.1, 0.15) is 35.8 Å². The van der Waals surface area contributed by atoms with E-state index in [9.17, 15) is 4.79 Å². The summed E-state index contributed by atoms with van der Waals surface area (Å²) in [7, 11) is 0. The second-order valence-electron chi connectivity index (χ2n) is 10.7. The van der Waals surface area contributed by atoms with Crippen molar-refractivity contribution in [2.75, 3.05) is 26.4 Å². The summed E-state index contributed by atoms with van der Waals surface area (Å²) in [6.45, 7) is 2.18. The quantitative estimate of drug-likeness (QED) is 0.266. The molecule has 1 N–H and O–H groups in total. The normalized spacial score (nSPS) is 22.9. The van der Waals surface area contributed by atoms with Gasteiger partial charge in [0.25, 0.3) is 0 Å². The van der Waals surface area contributed by atoms with Gasteiger partial charge in [0.15, 0.2) is 0 Å². The van der Waals surface area contributed by atoms with Crippen molar-refractivity contribution in [1.82, 2.24) is 5.48 Å². The van der Waals surface area contributed by atoms with Crippen LogP contribution in [-0.4, -0.2) is 38.4 Å². The van der Waals surface area contributed by atoms with Gasteiger partial charge in [0.2, 0.25) is 0 Å². The number of hydroxylamine groups is 1. The van der Waals surface area contributed by atoms with Crippen molar-refractivity contribution < 1.29 is 19.1 Å². The highest BCUT2D eigenvalue weighted by atomic mass is 16.7. The third-order valence-electron chi connectivity index (χ3n) is 8.22. The van der Waals surface area contributed by atoms with E-state index in [-0.39, 0.29) is 29.8 Å². The Kier molecular flexibility index (Phi) is 8.33. The van der Waals surface area contributed by atoms with E-state index in [4.69, 9.17) is 14.3 Å². The lowest BCUT2D eigenvalue weighted by Gasteiger charge is -2.34. The van der Waals surface area contributed by atoms with Crippen LogP contribution in [0.4, 0.5) is 0 Å². The van der Waals surface area contributed by atoms with E-state index in [1.54, 1.807) is 0 Å². The van der Waals surface area contributed by atoms with Crippen LogP contribution in [0.5, 0.6) is 0 Å². The summed E-state index contributed by atoms with van der Waals surface area (Å²) in [5.41, 5.74) is 10.2. The smallest absolute Gasteiger partial charge is 0.330 e. The van der Waals surface area contributed by atoms with E-state index < -0.39 is 0 Å². The molecule has 2 fully saturated rings. The zero-order chi connectivity index (χ0) is 27.1. The van der Waals surface area contributed by atoms with Crippen molar-refractivity contribution in [2.45, 2.75) is 30.7 Å². The van der Waals surface area contributed by atoms with Crippen LogP contribution in [-0.2, 0) is 19.1 Å². The van der Waals surface area contributed by atoms with Gasteiger partial charge in [0, 0.05) is 25.0 Å². The first-order valence-electron chi connectivity index (χ1n) is 14.2. The molecule has 0 bridgehead atoms. The minimum atomic E-state index is -0.364. The maximum atomic E-state index is 13.4. The number of nitrogens with one attached hydrogen (secondary N) is 1. The van der Waals surface area contributed by atoms with Gasteiger partial charge in [-0.2, -0.15) is 0 Å². The second-order valence-corrected chi connectivity index (χ2v) is 10.7. The molecule has 0 radical (unpaired) electrons. The van der Waals surface area contributed by atoms with Crippen molar-refractivity contribution in [2.24, 2.45) is 5.92 Å². The molecule has 0 amide bonds. The van der Waals surface area contributed by atoms with E-state index in [1.165, 1.54) is 22.3 Å². The summed E-state index contributed by atoms with van der Waals surface area (Å²) in [4.78, 5) is 19.1. The fourth-order valence-corrected chi connectivity index (χ4v) is 5.94. The Bertz CT molecular complexity index is 1370. The number of carbonyl (C=O) groups excluding carboxylic acids is 1. The molecule has 4 aromatic carbocycles. The minimum absolute atomic E-state index is 0.0526. The lowest BCUT2D eigenvalue weighted by Crippen LogP contribution is -2.45. The first-order valence-corrected chi connectivity index (χ1v) is 14.2. The summed E-state index contributed by atoms with van der Waals surface area (Å²) < 4.78 is 11.5. The van der Waals surface area contributed by atoms with Gasteiger partial charge in [-0.05, 0) is 46.2 Å². The molecule has 5 heteroatoms. The molecule has 4 aromatic rings. The summed E-state index contributed by atoms with van der Waals surface area (Å²) >= 11 is 0. The van der Waals surface area contributed by atoms with Crippen molar-refractivity contribution in [3.8, 4) is 22.3 Å². The average molecular weight is 534 g/mol. The molecule has 0 saturated carbocycles. The van der Waals surface area contributed by atoms with Gasteiger partial charge in [-0.15, -0.1) is 5.48 Å². The fraction of sp³-hybridized carbons (Fsp3) is 0.286. The first-order chi connectivity index (χ1) is 19.8. The third kappa shape index (κ3) is 6.02. The predicted molar refractivity (Wildman–Crippen MR) is 157 cm³/mol. The van der Waals surface area contributed by atoms with Crippen molar-refractivity contribution >= 4 is 5.97 Å². The standard InChI is InChI=1S/C35H35NO4/c37-35(33-23-38-21-19-31(33)29-15-11-27(12-16-29)25-7-3-1-4-8-25)40-36-34-24-39-22-20-32(34)30-17-13-28(14-18-30)26-9-5-2-6-10-26/h1-18,31-34,36H,19-24H2. The van der Waals surface area contributed by atoms with Crippen LogP contribution in [0.25, 0.3) is 22.3 Å². The van der Waals surface area contributed by atoms with E-state index in [0.717, 1.165) is 24.0 Å². The zero-order valence-electron chi connectivity index (χ0n) is 22.6. The maximum Gasteiger partial charge on any atom is 0.330 e. The minimum Gasteiger partial charge on any atom is -0.381 e. The Hall–Kier alpha value is -3.77. The number of rotatable bonds is 7. The molecule has 2 saturated heterocycles. The van der Waals surface area contributed by atoms with Gasteiger partial charge >= 0.3 is 5.97 Å². The predicted octanol–water partition coefficient (Wildman–Crippen LogP) is 6.76. The molecule has 6 rings (SSSR count). The average Bonchev–Trinajstić information content (AvgIpc) is 3.05. The number of hydrogen-bond donors (Lipinski definition) is 1. The number of carbonyl (C=O) groups is 1. The molecule has 2 aliphatic rings. The van der Waals surface area contributed by atoms with E-state index in [1.807, 2.05) is 24.3 Å². The highest BCUT2D eigenvalue weighted by Crippen LogP contribution is 2.35. The fourth-order valence-electron chi connectivity index (χ4n) is 5.94. The summed E-state index contributed by atoms with van der Waals surface area (Å²) in [6, 6.07) is 37.8. The largest absolute Gasteiger partial charge is 0.381 e. The molecule has 0 spiro atoms. The maximum absolute atomic E-state index is 13.4. The third-order valence-corrected chi connectivity index (χ3v) is 8.22. The molecule has 4 atom stereocenters. The second kappa shape index (κ2) is 12.6. The lowest BCUT2D eigenvalue weighted by atomic mass is 9.82. The Balaban J connectivity index is 1.11. The molecule has 0 aromatic heterocycles. The highest BCUT2D eigenvalue weighted by molar-refractivity contribution is 5.74. The van der Waals surface area contributed by atoms with Crippen LogP contribution in [0.3, 0.4) is 0 Å². The van der Waals surface area contributed by atoms with E-state index >= 15 is 0 Å². The summed E-state index contributed by atoms with van der Waals surface area (Å²) in [5, 5.41) is 0. The van der Waals surface area contributed by atoms with Crippen molar-refractivity contribution in [1.29, 1.82) is 0 Å². The molecule has 5 nitrogen and oxygen atoms in total. The Morgan fingerprint density at radius 3 is 1.65 bits per heavy atom. The summed E-state index contributed by atoms with van der Waals surface area (Å²) in [6.07, 6.45) is 1.65. The van der Waals surface area contributed by atoms with Crippen molar-refractivity contribution in [3.63, 3.8) is 0 Å². The van der Waals surface area contributed by atoms with Crippen LogP contribution >= 0.6 is 0 Å². The number of benzene rings is 4. The van der Waals surface area contributed by atoms with E-state index in [2.05, 4.69) is 90.4 Å². The molecule has 204 valence electrons. The van der Waals surface area contributed by atoms with Crippen LogP contribution in [0.15, 0.2) is 109 Å². The zero-order valence-corrected chi connectivity index (χ0v) is 22.6. The van der Waals surface area contributed by atoms with Crippen LogP contribution in [0.2, 0.25) is 0 Å². The Morgan fingerprint density at radius 1 is 0.600 bits per heavy atom. The monoisotopic (exact) mass is 533 g/mol. The molecule has 2 aliphatic heterocycles. The molecular formula is C35H35NO4.